The Labute approximate surface area is 164 Å². The van der Waals surface area contributed by atoms with E-state index in [4.69, 9.17) is 10.5 Å². The quantitative estimate of drug-likeness (QED) is 0.628. The molecule has 7 heteroatoms. The summed E-state index contributed by atoms with van der Waals surface area (Å²) in [6.07, 6.45) is 3.09. The summed E-state index contributed by atoms with van der Waals surface area (Å²) < 4.78 is 30.0. The average Bonchev–Trinajstić information content (AvgIpc) is 2.66. The van der Waals surface area contributed by atoms with Gasteiger partial charge in [-0.25, -0.2) is 8.42 Å². The summed E-state index contributed by atoms with van der Waals surface area (Å²) in [4.78, 5) is 15.4. The number of amides is 1. The van der Waals surface area contributed by atoms with Crippen LogP contribution < -0.4 is 10.5 Å². The highest BCUT2D eigenvalue weighted by Gasteiger charge is 2.23. The van der Waals surface area contributed by atoms with Crippen LogP contribution in [0.15, 0.2) is 60.8 Å². The number of fused-ring (bicyclic) bond motifs is 1. The Bertz CT molecular complexity index is 1070. The standard InChI is InChI=1S/C21H22N2O4S/c1-28(25,26)19(11-12-20(22)24)15-7-9-18(10-8-15)27-14-17-5-2-4-16-6-3-13-23-21(16)17/h2-10,13,19H,11-12,14H2,1H3,(H2,22,24). The number of rotatable bonds is 8. The molecule has 0 saturated carbocycles. The Balaban J connectivity index is 1.74. The van der Waals surface area contributed by atoms with E-state index in [1.54, 1.807) is 30.5 Å². The molecule has 146 valence electrons. The third kappa shape index (κ3) is 4.86. The summed E-state index contributed by atoms with van der Waals surface area (Å²) in [5, 5.41) is 0.278. The van der Waals surface area contributed by atoms with Crippen molar-refractivity contribution in [2.45, 2.75) is 24.7 Å². The fourth-order valence-corrected chi connectivity index (χ4v) is 4.32. The number of benzene rings is 2. The zero-order valence-electron chi connectivity index (χ0n) is 15.5. The number of primary amides is 1. The molecule has 6 nitrogen and oxygen atoms in total. The van der Waals surface area contributed by atoms with Crippen LogP contribution in [0.25, 0.3) is 10.9 Å². The number of nitrogens with two attached hydrogens (primary N) is 1. The minimum Gasteiger partial charge on any atom is -0.489 e. The van der Waals surface area contributed by atoms with Crippen molar-refractivity contribution in [3.8, 4) is 5.75 Å². The number of carbonyl (C=O) groups excluding carboxylic acids is 1. The maximum atomic E-state index is 12.1. The van der Waals surface area contributed by atoms with Crippen LogP contribution in [0.2, 0.25) is 0 Å². The molecule has 0 spiro atoms. The van der Waals surface area contributed by atoms with Crippen LogP contribution in [0.3, 0.4) is 0 Å². The highest BCUT2D eigenvalue weighted by molar-refractivity contribution is 7.90. The van der Waals surface area contributed by atoms with Crippen LogP contribution in [-0.4, -0.2) is 25.6 Å². The second-order valence-electron chi connectivity index (χ2n) is 6.67. The molecule has 1 unspecified atom stereocenters. The van der Waals surface area contributed by atoms with Gasteiger partial charge >= 0.3 is 0 Å². The van der Waals surface area contributed by atoms with E-state index in [-0.39, 0.29) is 12.8 Å². The van der Waals surface area contributed by atoms with Crippen molar-refractivity contribution in [2.24, 2.45) is 5.73 Å². The predicted molar refractivity (Wildman–Crippen MR) is 109 cm³/mol. The number of para-hydroxylation sites is 1. The van der Waals surface area contributed by atoms with Gasteiger partial charge < -0.3 is 10.5 Å². The molecule has 0 aliphatic rings. The lowest BCUT2D eigenvalue weighted by Crippen LogP contribution is -2.16. The number of aromatic nitrogens is 1. The van der Waals surface area contributed by atoms with E-state index in [9.17, 15) is 13.2 Å². The van der Waals surface area contributed by atoms with Gasteiger partial charge in [0.15, 0.2) is 9.84 Å². The van der Waals surface area contributed by atoms with Crippen LogP contribution in [0.5, 0.6) is 5.75 Å². The molecule has 0 aliphatic carbocycles. The van der Waals surface area contributed by atoms with Crippen LogP contribution in [-0.2, 0) is 21.2 Å². The van der Waals surface area contributed by atoms with Gasteiger partial charge in [0.2, 0.25) is 5.91 Å². The van der Waals surface area contributed by atoms with Crippen molar-refractivity contribution in [1.29, 1.82) is 0 Å². The number of nitrogens with zero attached hydrogens (tertiary/aromatic N) is 1. The molecular weight excluding hydrogens is 376 g/mol. The second-order valence-corrected chi connectivity index (χ2v) is 8.90. The molecular formula is C21H22N2O4S. The number of pyridine rings is 1. The Morgan fingerprint density at radius 3 is 2.50 bits per heavy atom. The van der Waals surface area contributed by atoms with Crippen molar-refractivity contribution in [1.82, 2.24) is 4.98 Å². The first kappa shape index (κ1) is 19.8. The van der Waals surface area contributed by atoms with Gasteiger partial charge in [0.25, 0.3) is 0 Å². The van der Waals surface area contributed by atoms with Crippen LogP contribution in [0, 0.1) is 0 Å². The summed E-state index contributed by atoms with van der Waals surface area (Å²) in [7, 11) is -3.36. The van der Waals surface area contributed by atoms with Crippen LogP contribution >= 0.6 is 0 Å². The van der Waals surface area contributed by atoms with Crippen molar-refractivity contribution in [3.63, 3.8) is 0 Å². The topological polar surface area (TPSA) is 99.3 Å². The van der Waals surface area contributed by atoms with Crippen LogP contribution in [0.1, 0.15) is 29.2 Å². The van der Waals surface area contributed by atoms with E-state index in [1.165, 1.54) is 0 Å². The minimum absolute atomic E-state index is 0.0179. The lowest BCUT2D eigenvalue weighted by molar-refractivity contribution is -0.118. The molecule has 1 heterocycles. The number of hydrogen-bond acceptors (Lipinski definition) is 5. The van der Waals surface area contributed by atoms with E-state index in [0.29, 0.717) is 17.9 Å². The molecule has 3 rings (SSSR count). The number of carbonyl (C=O) groups is 1. The maximum absolute atomic E-state index is 12.1. The lowest BCUT2D eigenvalue weighted by Gasteiger charge is -2.15. The van der Waals surface area contributed by atoms with Crippen molar-refractivity contribution >= 4 is 26.6 Å². The van der Waals surface area contributed by atoms with E-state index in [2.05, 4.69) is 4.98 Å². The molecule has 28 heavy (non-hydrogen) atoms. The highest BCUT2D eigenvalue weighted by atomic mass is 32.2. The highest BCUT2D eigenvalue weighted by Crippen LogP contribution is 2.28. The molecule has 2 N–H and O–H groups in total. The number of sulfone groups is 1. The minimum atomic E-state index is -3.36. The van der Waals surface area contributed by atoms with Crippen molar-refractivity contribution in [3.05, 3.63) is 71.9 Å². The van der Waals surface area contributed by atoms with Crippen LogP contribution in [0.4, 0.5) is 0 Å². The number of hydrogen-bond donors (Lipinski definition) is 1. The van der Waals surface area contributed by atoms with Crippen molar-refractivity contribution < 1.29 is 17.9 Å². The monoisotopic (exact) mass is 398 g/mol. The Kier molecular flexibility index (Phi) is 5.94. The summed E-state index contributed by atoms with van der Waals surface area (Å²) in [6, 6.07) is 16.7. The third-order valence-electron chi connectivity index (χ3n) is 4.53. The molecule has 1 amide bonds. The largest absolute Gasteiger partial charge is 0.489 e. The van der Waals surface area contributed by atoms with Gasteiger partial charge in [0.1, 0.15) is 12.4 Å². The predicted octanol–water partition coefficient (Wildman–Crippen LogP) is 3.17. The summed E-state index contributed by atoms with van der Waals surface area (Å²) in [5.74, 6) is 0.108. The fourth-order valence-electron chi connectivity index (χ4n) is 3.12. The first-order valence-electron chi connectivity index (χ1n) is 8.87. The van der Waals surface area contributed by atoms with Gasteiger partial charge in [-0.1, -0.05) is 36.4 Å². The molecule has 0 aliphatic heterocycles. The smallest absolute Gasteiger partial charge is 0.217 e. The fraction of sp³-hybridized carbons (Fsp3) is 0.238. The van der Waals surface area contributed by atoms with Gasteiger partial charge in [-0.05, 0) is 30.2 Å². The second kappa shape index (κ2) is 8.39. The van der Waals surface area contributed by atoms with Gasteiger partial charge in [-0.3, -0.25) is 9.78 Å². The van der Waals surface area contributed by atoms with Gasteiger partial charge in [0, 0.05) is 29.8 Å². The number of ether oxygens (including phenoxy) is 1. The first-order chi connectivity index (χ1) is 13.3. The maximum Gasteiger partial charge on any atom is 0.217 e. The van der Waals surface area contributed by atoms with Crippen molar-refractivity contribution in [2.75, 3.05) is 6.26 Å². The molecule has 3 aromatic rings. The van der Waals surface area contributed by atoms with E-state index in [0.717, 1.165) is 22.7 Å². The SMILES string of the molecule is CS(=O)(=O)C(CCC(N)=O)c1ccc(OCc2cccc3cccnc23)cc1. The molecule has 2 aromatic carbocycles. The molecule has 1 aromatic heterocycles. The average molecular weight is 398 g/mol. The molecule has 0 fully saturated rings. The van der Waals surface area contributed by atoms with Gasteiger partial charge in [-0.2, -0.15) is 0 Å². The third-order valence-corrected chi connectivity index (χ3v) is 6.07. The normalized spacial score (nSPS) is 12.6. The van der Waals surface area contributed by atoms with Gasteiger partial charge in [-0.15, -0.1) is 0 Å². The molecule has 0 saturated heterocycles. The Morgan fingerprint density at radius 1 is 1.11 bits per heavy atom. The summed E-state index contributed by atoms with van der Waals surface area (Å²) in [5.41, 5.74) is 7.64. The molecule has 0 bridgehead atoms. The zero-order chi connectivity index (χ0) is 20.1. The lowest BCUT2D eigenvalue weighted by atomic mass is 10.1. The molecule has 0 radical (unpaired) electrons. The van der Waals surface area contributed by atoms with Gasteiger partial charge in [0.05, 0.1) is 10.8 Å². The first-order valence-corrected chi connectivity index (χ1v) is 10.8. The van der Waals surface area contributed by atoms with E-state index < -0.39 is 21.0 Å². The summed E-state index contributed by atoms with van der Waals surface area (Å²) >= 11 is 0. The van der Waals surface area contributed by atoms with E-state index >= 15 is 0 Å². The zero-order valence-corrected chi connectivity index (χ0v) is 16.4. The molecule has 1 atom stereocenters. The Hall–Kier alpha value is -2.93. The Morgan fingerprint density at radius 2 is 1.82 bits per heavy atom. The summed E-state index contributed by atoms with van der Waals surface area (Å²) in [6.45, 7) is 0.352. The van der Waals surface area contributed by atoms with E-state index in [1.807, 2.05) is 30.3 Å².